The number of aromatic hydroxyl groups is 1. The van der Waals surface area contributed by atoms with Crippen molar-refractivity contribution in [3.8, 4) is 5.75 Å². The van der Waals surface area contributed by atoms with Gasteiger partial charge in [-0.1, -0.05) is 80.4 Å². The summed E-state index contributed by atoms with van der Waals surface area (Å²) in [7, 11) is 1.40. The molecular weight excluding hydrogens is 857 g/mol. The molecule has 2 saturated heterocycles. The van der Waals surface area contributed by atoms with Crippen LogP contribution in [0, 0.1) is 23.7 Å². The van der Waals surface area contributed by atoms with Gasteiger partial charge in [-0.15, -0.1) is 0 Å². The second kappa shape index (κ2) is 24.7. The highest BCUT2D eigenvalue weighted by atomic mass is 16.5. The number of aliphatic hydroxyl groups excluding tert-OH is 1. The Morgan fingerprint density at radius 2 is 1.42 bits per heavy atom. The molecule has 0 radical (unpaired) electrons. The first-order valence-electron chi connectivity index (χ1n) is 23.0. The summed E-state index contributed by atoms with van der Waals surface area (Å²) >= 11 is 0. The standard InChI is InChI=1S/C46H72N8O12/c1-11-25(7)36-45(64)53(10)33(22-28-13-15-29(55)16-14-28)42(61)51-37(26(8)12-2)46(65)66-27(9)38(52-40(59)30(17-19-34(47)56)48-39(58)24(5)6)43(62)49-31(21-23(3)4)44(63)54-32(41(60)50-36)18-20-35(54)57/h13-16,23-27,30-33,35-38,55,57H,11-12,17-22H2,1-10H3,(H2,47,56)(H,48,58)(H,49,62)(H,50,60)(H,51,61)(H,52,59)/t25?,26?,27-,30+,31+,32+,33?,35+,36?,37+,38+/m1/s1. The number of rotatable bonds is 15. The van der Waals surface area contributed by atoms with E-state index in [1.807, 2.05) is 6.92 Å². The Morgan fingerprint density at radius 3 is 1.98 bits per heavy atom. The fourth-order valence-corrected chi connectivity index (χ4v) is 7.84. The van der Waals surface area contributed by atoms with Crippen molar-refractivity contribution in [2.45, 2.75) is 168 Å². The van der Waals surface area contributed by atoms with Crippen molar-refractivity contribution in [3.63, 3.8) is 0 Å². The van der Waals surface area contributed by atoms with Gasteiger partial charge in [0.2, 0.25) is 47.3 Å². The number of nitrogens with zero attached hydrogens (tertiary/aromatic N) is 2. The first-order valence-corrected chi connectivity index (χ1v) is 23.0. The number of hydrogen-bond acceptors (Lipinski definition) is 12. The van der Waals surface area contributed by atoms with Crippen LogP contribution < -0.4 is 32.3 Å². The smallest absolute Gasteiger partial charge is 0.329 e. The van der Waals surface area contributed by atoms with Crippen LogP contribution in [0.2, 0.25) is 0 Å². The fraction of sp³-hybridized carbons (Fsp3) is 0.674. The average molecular weight is 929 g/mol. The number of ether oxygens (including phenoxy) is 1. The van der Waals surface area contributed by atoms with Gasteiger partial charge in [0.25, 0.3) is 0 Å². The van der Waals surface area contributed by atoms with E-state index in [9.17, 15) is 53.4 Å². The van der Waals surface area contributed by atoms with E-state index >= 15 is 0 Å². The molecule has 2 aliphatic heterocycles. The summed E-state index contributed by atoms with van der Waals surface area (Å²) in [6.07, 6.45) is -2.93. The maximum absolute atomic E-state index is 14.6. The molecule has 368 valence electrons. The Labute approximate surface area is 387 Å². The number of cyclic esters (lactones) is 1. The van der Waals surface area contributed by atoms with Crippen molar-refractivity contribution in [1.29, 1.82) is 0 Å². The molecule has 1 aromatic rings. The van der Waals surface area contributed by atoms with E-state index in [2.05, 4.69) is 26.6 Å². The predicted octanol–water partition coefficient (Wildman–Crippen LogP) is 0.500. The Hall–Kier alpha value is -5.79. The first kappa shape index (κ1) is 54.5. The normalized spacial score (nSPS) is 26.4. The number of amides is 8. The minimum atomic E-state index is -1.77. The summed E-state index contributed by atoms with van der Waals surface area (Å²) in [5, 5.41) is 34.6. The zero-order chi connectivity index (χ0) is 49.7. The molecule has 2 heterocycles. The van der Waals surface area contributed by atoms with E-state index in [4.69, 9.17) is 10.5 Å². The van der Waals surface area contributed by atoms with Gasteiger partial charge in [-0.2, -0.15) is 0 Å². The van der Waals surface area contributed by atoms with Gasteiger partial charge < -0.3 is 57.1 Å². The number of likely N-dealkylation sites (N-methyl/N-ethyl adjacent to an activating group) is 1. The van der Waals surface area contributed by atoms with E-state index < -0.39 is 126 Å². The Morgan fingerprint density at radius 1 is 0.833 bits per heavy atom. The summed E-state index contributed by atoms with van der Waals surface area (Å²) in [5.41, 5.74) is 5.92. The SMILES string of the molecule is CCC(C)C1NC(=O)[C@@H]2CC[C@H](O)N2C(=O)[C@H](CC(C)C)NC(=O)[C@@H](NC(=O)[C@H](CCC(N)=O)NC(=O)C(C)C)[C@@H](C)OC(=O)[C@H](C(C)CC)NC(=O)C(Cc2ccc(O)cc2)N(C)C1=O. The van der Waals surface area contributed by atoms with E-state index in [1.54, 1.807) is 60.6 Å². The van der Waals surface area contributed by atoms with E-state index in [0.717, 1.165) is 4.90 Å². The van der Waals surface area contributed by atoms with Crippen LogP contribution in [0.25, 0.3) is 0 Å². The third-order valence-electron chi connectivity index (χ3n) is 12.4. The fourth-order valence-electron chi connectivity index (χ4n) is 7.84. The van der Waals surface area contributed by atoms with Gasteiger partial charge in [0.15, 0.2) is 0 Å². The molecule has 66 heavy (non-hydrogen) atoms. The Bertz CT molecular complexity index is 1910. The molecule has 4 unspecified atom stereocenters. The van der Waals surface area contributed by atoms with Crippen molar-refractivity contribution in [3.05, 3.63) is 29.8 Å². The third kappa shape index (κ3) is 14.6. The summed E-state index contributed by atoms with van der Waals surface area (Å²) in [6.45, 7) is 15.0. The lowest BCUT2D eigenvalue weighted by molar-refractivity contribution is -0.158. The predicted molar refractivity (Wildman–Crippen MR) is 241 cm³/mol. The molecule has 8 amide bonds. The quantitative estimate of drug-likeness (QED) is 0.112. The molecule has 0 aromatic heterocycles. The maximum Gasteiger partial charge on any atom is 0.329 e. The highest BCUT2D eigenvalue weighted by molar-refractivity contribution is 5.98. The molecule has 1 aromatic carbocycles. The van der Waals surface area contributed by atoms with Crippen molar-refractivity contribution < 1.29 is 58.1 Å². The Balaban J connectivity index is 2.27. The maximum atomic E-state index is 14.6. The molecule has 11 atom stereocenters. The lowest BCUT2D eigenvalue weighted by Crippen LogP contribution is -2.62. The number of nitrogens with two attached hydrogens (primary N) is 1. The molecule has 0 aliphatic carbocycles. The first-order chi connectivity index (χ1) is 30.9. The number of benzene rings is 1. The second-order valence-electron chi connectivity index (χ2n) is 18.4. The summed E-state index contributed by atoms with van der Waals surface area (Å²) in [6, 6.07) is -3.76. The van der Waals surface area contributed by atoms with Gasteiger partial charge >= 0.3 is 5.97 Å². The van der Waals surface area contributed by atoms with E-state index in [1.165, 1.54) is 31.0 Å². The number of hydrogen-bond donors (Lipinski definition) is 8. The van der Waals surface area contributed by atoms with Gasteiger partial charge in [-0.25, -0.2) is 4.79 Å². The van der Waals surface area contributed by atoms with Crippen LogP contribution in [0.1, 0.15) is 113 Å². The molecule has 0 bridgehead atoms. The largest absolute Gasteiger partial charge is 0.508 e. The van der Waals surface area contributed by atoms with Gasteiger partial charge in [-0.05, 0) is 68.1 Å². The van der Waals surface area contributed by atoms with Gasteiger partial charge in [-0.3, -0.25) is 38.4 Å². The number of aliphatic hydroxyl groups is 1. The second-order valence-corrected chi connectivity index (χ2v) is 18.4. The molecular formula is C46H72N8O12. The van der Waals surface area contributed by atoms with Crippen LogP contribution in [0.15, 0.2) is 24.3 Å². The number of phenols is 1. The van der Waals surface area contributed by atoms with Crippen molar-refractivity contribution in [1.82, 2.24) is 36.4 Å². The monoisotopic (exact) mass is 929 g/mol. The zero-order valence-electron chi connectivity index (χ0n) is 39.9. The molecule has 3 rings (SSSR count). The zero-order valence-corrected chi connectivity index (χ0v) is 39.9. The van der Waals surface area contributed by atoms with Crippen LogP contribution in [-0.4, -0.2) is 135 Å². The third-order valence-corrected chi connectivity index (χ3v) is 12.4. The lowest BCUT2D eigenvalue weighted by Gasteiger charge is -2.35. The van der Waals surface area contributed by atoms with Gasteiger partial charge in [0.1, 0.15) is 60.4 Å². The van der Waals surface area contributed by atoms with E-state index in [0.29, 0.717) is 18.4 Å². The number of fused-ring (bicyclic) bond motifs is 1. The van der Waals surface area contributed by atoms with Gasteiger partial charge in [0.05, 0.1) is 0 Å². The minimum absolute atomic E-state index is 0.00167. The molecule has 20 heteroatoms. The number of carbonyl (C=O) groups excluding carboxylic acids is 9. The summed E-state index contributed by atoms with van der Waals surface area (Å²) in [5.74, 6) is -9.24. The molecule has 0 spiro atoms. The van der Waals surface area contributed by atoms with Crippen LogP contribution in [-0.2, 0) is 54.3 Å². The van der Waals surface area contributed by atoms with Crippen molar-refractivity contribution in [2.24, 2.45) is 29.4 Å². The van der Waals surface area contributed by atoms with Crippen LogP contribution in [0.5, 0.6) is 5.75 Å². The van der Waals surface area contributed by atoms with Crippen LogP contribution >= 0.6 is 0 Å². The molecule has 2 aliphatic rings. The van der Waals surface area contributed by atoms with Crippen molar-refractivity contribution in [2.75, 3.05) is 7.05 Å². The average Bonchev–Trinajstić information content (AvgIpc) is 3.65. The Kier molecular flexibility index (Phi) is 20.4. The van der Waals surface area contributed by atoms with E-state index in [-0.39, 0.29) is 50.2 Å². The number of nitrogens with one attached hydrogen (secondary N) is 5. The molecule has 9 N–H and O–H groups in total. The lowest BCUT2D eigenvalue weighted by atomic mass is 9.95. The molecule has 0 saturated carbocycles. The molecule has 2 fully saturated rings. The summed E-state index contributed by atoms with van der Waals surface area (Å²) in [4.78, 5) is 128. The number of phenolic OH excluding ortho intramolecular Hbond substituents is 1. The molecule has 20 nitrogen and oxygen atoms in total. The van der Waals surface area contributed by atoms with Gasteiger partial charge in [0, 0.05) is 25.8 Å². The topological polar surface area (TPSA) is 296 Å². The number of esters is 1. The minimum Gasteiger partial charge on any atom is -0.508 e. The number of carbonyl (C=O) groups is 9. The highest BCUT2D eigenvalue weighted by Crippen LogP contribution is 2.27. The summed E-state index contributed by atoms with van der Waals surface area (Å²) < 4.78 is 5.91. The van der Waals surface area contributed by atoms with Crippen molar-refractivity contribution >= 4 is 53.2 Å². The highest BCUT2D eigenvalue weighted by Gasteiger charge is 2.46. The van der Waals surface area contributed by atoms with Crippen LogP contribution in [0.4, 0.5) is 0 Å². The van der Waals surface area contributed by atoms with Crippen LogP contribution in [0.3, 0.4) is 0 Å². The number of primary amides is 1.